The molecule has 7 nitrogen and oxygen atoms in total. The molecule has 0 atom stereocenters. The maximum Gasteiger partial charge on any atom is 0.411 e. The smallest absolute Gasteiger partial charge is 0.411 e. The minimum Gasteiger partial charge on any atom is -0.449 e. The van der Waals surface area contributed by atoms with Gasteiger partial charge in [0.15, 0.2) is 0 Å². The van der Waals surface area contributed by atoms with Crippen LogP contribution in [0.3, 0.4) is 0 Å². The lowest BCUT2D eigenvalue weighted by Crippen LogP contribution is -2.42. The number of likely N-dealkylation sites (tertiary alicyclic amines) is 1. The zero-order valence-corrected chi connectivity index (χ0v) is 19.1. The van der Waals surface area contributed by atoms with Gasteiger partial charge in [0.1, 0.15) is 16.4 Å². The van der Waals surface area contributed by atoms with Gasteiger partial charge in [-0.2, -0.15) is 0 Å². The van der Waals surface area contributed by atoms with Crippen LogP contribution in [0, 0.1) is 18.7 Å². The lowest BCUT2D eigenvalue weighted by atomic mass is 9.98. The molecule has 1 N–H and O–H groups in total. The molecule has 0 saturated carbocycles. The van der Waals surface area contributed by atoms with Crippen LogP contribution < -0.4 is 5.32 Å². The van der Waals surface area contributed by atoms with Crippen molar-refractivity contribution >= 4 is 29.2 Å². The van der Waals surface area contributed by atoms with Crippen LogP contribution in [0.4, 0.5) is 19.7 Å². The van der Waals surface area contributed by atoms with E-state index in [0.717, 1.165) is 18.5 Å². The van der Waals surface area contributed by atoms with Crippen LogP contribution in [0.15, 0.2) is 23.6 Å². The third-order valence-corrected chi connectivity index (χ3v) is 5.78. The van der Waals surface area contributed by atoms with E-state index >= 15 is 0 Å². The van der Waals surface area contributed by atoms with Crippen LogP contribution in [-0.2, 0) is 9.47 Å². The number of hydrogen-bond donors (Lipinski definition) is 1. The zero-order valence-electron chi connectivity index (χ0n) is 18.2. The number of rotatable bonds is 4. The van der Waals surface area contributed by atoms with Crippen molar-refractivity contribution in [3.63, 3.8) is 0 Å². The van der Waals surface area contributed by atoms with E-state index in [4.69, 9.17) is 9.47 Å². The number of nitrogens with zero attached hydrogens (tertiary/aromatic N) is 2. The average molecular weight is 450 g/mol. The van der Waals surface area contributed by atoms with Crippen molar-refractivity contribution in [2.24, 2.45) is 5.92 Å². The number of carbonyl (C=O) groups excluding carboxylic acids is 2. The zero-order chi connectivity index (χ0) is 22.6. The Hall–Kier alpha value is -2.68. The van der Waals surface area contributed by atoms with Crippen molar-refractivity contribution in [3.8, 4) is 10.6 Å². The summed E-state index contributed by atoms with van der Waals surface area (Å²) in [6, 6.07) is 4.18. The number of aryl methyl sites for hydroxylation is 1. The van der Waals surface area contributed by atoms with Crippen molar-refractivity contribution in [2.45, 2.75) is 46.1 Å². The number of anilines is 1. The first-order valence-corrected chi connectivity index (χ1v) is 11.1. The maximum atomic E-state index is 13.7. The minimum absolute atomic E-state index is 0.151. The Bertz CT molecular complexity index is 933. The summed E-state index contributed by atoms with van der Waals surface area (Å²) in [5.74, 6) is -0.306. The van der Waals surface area contributed by atoms with Gasteiger partial charge in [0.2, 0.25) is 0 Å². The molecule has 31 heavy (non-hydrogen) atoms. The van der Waals surface area contributed by atoms with E-state index in [1.54, 1.807) is 11.0 Å². The van der Waals surface area contributed by atoms with Gasteiger partial charge in [0, 0.05) is 29.7 Å². The summed E-state index contributed by atoms with van der Waals surface area (Å²) in [4.78, 5) is 30.5. The van der Waals surface area contributed by atoms with E-state index in [-0.39, 0.29) is 18.6 Å². The highest BCUT2D eigenvalue weighted by Gasteiger charge is 2.27. The highest BCUT2D eigenvalue weighted by Crippen LogP contribution is 2.31. The molecule has 3 rings (SSSR count). The Morgan fingerprint density at radius 1 is 1.29 bits per heavy atom. The van der Waals surface area contributed by atoms with Crippen molar-refractivity contribution < 1.29 is 23.5 Å². The van der Waals surface area contributed by atoms with Gasteiger partial charge >= 0.3 is 12.2 Å². The lowest BCUT2D eigenvalue weighted by molar-refractivity contribution is 0.0153. The Morgan fingerprint density at radius 2 is 2.00 bits per heavy atom. The number of piperidine rings is 1. The summed E-state index contributed by atoms with van der Waals surface area (Å²) in [5, 5.41) is 5.22. The molecule has 1 aromatic heterocycles. The highest BCUT2D eigenvalue weighted by molar-refractivity contribution is 7.13. The molecule has 0 radical (unpaired) electrons. The van der Waals surface area contributed by atoms with E-state index in [9.17, 15) is 14.0 Å². The number of nitrogens with one attached hydrogen (secondary N) is 1. The van der Waals surface area contributed by atoms with Crippen molar-refractivity contribution in [2.75, 3.05) is 25.0 Å². The first-order chi connectivity index (χ1) is 14.6. The molecule has 1 fully saturated rings. The Kier molecular flexibility index (Phi) is 7.15. The van der Waals surface area contributed by atoms with Gasteiger partial charge < -0.3 is 14.4 Å². The summed E-state index contributed by atoms with van der Waals surface area (Å²) < 4.78 is 24.5. The third-order valence-electron chi connectivity index (χ3n) is 4.78. The summed E-state index contributed by atoms with van der Waals surface area (Å²) in [6.45, 7) is 8.73. The number of thiazole rings is 1. The van der Waals surface area contributed by atoms with Crippen molar-refractivity contribution in [1.82, 2.24) is 9.88 Å². The molecule has 0 aliphatic carbocycles. The average Bonchev–Trinajstić information content (AvgIpc) is 3.11. The molecular weight excluding hydrogens is 421 g/mol. The number of aromatic nitrogens is 1. The van der Waals surface area contributed by atoms with Crippen LogP contribution in [0.1, 0.15) is 39.3 Å². The first-order valence-electron chi connectivity index (χ1n) is 10.2. The molecule has 0 spiro atoms. The van der Waals surface area contributed by atoms with Crippen molar-refractivity contribution in [3.05, 3.63) is 35.1 Å². The van der Waals surface area contributed by atoms with E-state index < -0.39 is 17.5 Å². The van der Waals surface area contributed by atoms with Gasteiger partial charge in [0.05, 0.1) is 12.3 Å². The van der Waals surface area contributed by atoms with Crippen LogP contribution >= 0.6 is 11.3 Å². The predicted molar refractivity (Wildman–Crippen MR) is 118 cm³/mol. The van der Waals surface area contributed by atoms with Crippen LogP contribution in [-0.4, -0.2) is 47.4 Å². The molecule has 2 aromatic rings. The van der Waals surface area contributed by atoms with Gasteiger partial charge in [0.25, 0.3) is 0 Å². The predicted octanol–water partition coefficient (Wildman–Crippen LogP) is 5.45. The topological polar surface area (TPSA) is 80.8 Å². The molecule has 2 amide bonds. The van der Waals surface area contributed by atoms with Crippen molar-refractivity contribution in [1.29, 1.82) is 0 Å². The number of halogens is 1. The molecule has 2 heterocycles. The Labute approximate surface area is 185 Å². The fourth-order valence-electron chi connectivity index (χ4n) is 3.23. The molecule has 1 aromatic carbocycles. The van der Waals surface area contributed by atoms with Gasteiger partial charge in [-0.3, -0.25) is 5.32 Å². The minimum atomic E-state index is -0.644. The molecule has 0 bridgehead atoms. The quantitative estimate of drug-likeness (QED) is 0.671. The summed E-state index contributed by atoms with van der Waals surface area (Å²) in [7, 11) is 0. The largest absolute Gasteiger partial charge is 0.449 e. The lowest BCUT2D eigenvalue weighted by Gasteiger charge is -2.33. The van der Waals surface area contributed by atoms with E-state index in [1.165, 1.54) is 23.5 Å². The molecule has 9 heteroatoms. The fourth-order valence-corrected chi connectivity index (χ4v) is 4.07. The van der Waals surface area contributed by atoms with E-state index in [1.807, 2.05) is 33.1 Å². The Balaban J connectivity index is 1.51. The Morgan fingerprint density at radius 3 is 2.61 bits per heavy atom. The van der Waals surface area contributed by atoms with Gasteiger partial charge in [-0.05, 0) is 64.7 Å². The summed E-state index contributed by atoms with van der Waals surface area (Å²) >= 11 is 1.42. The molecule has 168 valence electrons. The molecular formula is C22H28FN3O4S. The second-order valence-electron chi connectivity index (χ2n) is 8.62. The SMILES string of the molecule is Cc1csc(-c2ccc(F)cc2NC(=O)OCC2CCN(C(=O)OC(C)(C)C)CC2)n1. The van der Waals surface area contributed by atoms with Crippen LogP contribution in [0.25, 0.3) is 10.6 Å². The first kappa shape index (κ1) is 23.0. The van der Waals surface area contributed by atoms with Gasteiger partial charge in [-0.1, -0.05) is 0 Å². The molecule has 1 aliphatic rings. The van der Waals surface area contributed by atoms with E-state index in [2.05, 4.69) is 10.3 Å². The monoisotopic (exact) mass is 449 g/mol. The van der Waals surface area contributed by atoms with Crippen LogP contribution in [0.2, 0.25) is 0 Å². The highest BCUT2D eigenvalue weighted by atomic mass is 32.1. The van der Waals surface area contributed by atoms with Crippen LogP contribution in [0.5, 0.6) is 0 Å². The summed E-state index contributed by atoms with van der Waals surface area (Å²) in [6.07, 6.45) is 0.474. The maximum absolute atomic E-state index is 13.7. The fraction of sp³-hybridized carbons (Fsp3) is 0.500. The van der Waals surface area contributed by atoms with E-state index in [0.29, 0.717) is 29.3 Å². The number of hydrogen-bond acceptors (Lipinski definition) is 6. The second-order valence-corrected chi connectivity index (χ2v) is 9.48. The van der Waals surface area contributed by atoms with Gasteiger partial charge in [-0.15, -0.1) is 11.3 Å². The molecule has 0 unspecified atom stereocenters. The third kappa shape index (κ3) is 6.65. The molecule has 1 aliphatic heterocycles. The van der Waals surface area contributed by atoms with Gasteiger partial charge in [-0.25, -0.2) is 19.0 Å². The number of carbonyl (C=O) groups is 2. The molecule has 1 saturated heterocycles. The normalized spacial score (nSPS) is 14.9. The second kappa shape index (κ2) is 9.64. The summed E-state index contributed by atoms with van der Waals surface area (Å²) in [5.41, 5.74) is 1.29. The standard InChI is InChI=1S/C22H28FN3O4S/c1-14-13-31-19(24-14)17-6-5-16(23)11-18(17)25-20(27)29-12-15-7-9-26(10-8-15)21(28)30-22(2,3)4/h5-6,11,13,15H,7-10,12H2,1-4H3,(H,25,27). The number of amides is 2. The number of ether oxygens (including phenoxy) is 2. The number of benzene rings is 1.